The van der Waals surface area contributed by atoms with E-state index >= 15 is 0 Å². The van der Waals surface area contributed by atoms with Crippen LogP contribution in [0, 0.1) is 0 Å². The lowest BCUT2D eigenvalue weighted by Gasteiger charge is -2.13. The van der Waals surface area contributed by atoms with Gasteiger partial charge < -0.3 is 5.73 Å². The average molecular weight is 216 g/mol. The molecule has 0 aromatic carbocycles. The van der Waals surface area contributed by atoms with Crippen LogP contribution in [-0.4, -0.2) is 6.18 Å². The van der Waals surface area contributed by atoms with E-state index in [4.69, 9.17) is 17.3 Å². The predicted octanol–water partition coefficient (Wildman–Crippen LogP) is 2.96. The summed E-state index contributed by atoms with van der Waals surface area (Å²) in [5.74, 6) is 0. The summed E-state index contributed by atoms with van der Waals surface area (Å²) in [6.45, 7) is 0. The zero-order valence-electron chi connectivity index (χ0n) is 5.73. The third kappa shape index (κ3) is 1.91. The summed E-state index contributed by atoms with van der Waals surface area (Å²) in [4.78, 5) is -0.0378. The van der Waals surface area contributed by atoms with Gasteiger partial charge in [-0.2, -0.15) is 13.2 Å². The summed E-state index contributed by atoms with van der Waals surface area (Å²) in [7, 11) is 0. The first-order chi connectivity index (χ1) is 5.43. The Labute approximate surface area is 75.9 Å². The molecule has 0 saturated heterocycles. The molecule has 0 spiro atoms. The summed E-state index contributed by atoms with van der Waals surface area (Å²) in [5, 5.41) is 1.55. The minimum atomic E-state index is -4.42. The molecule has 0 aliphatic rings. The van der Waals surface area contributed by atoms with E-state index in [2.05, 4.69) is 0 Å². The van der Waals surface area contributed by atoms with Crippen molar-refractivity contribution in [1.29, 1.82) is 0 Å². The van der Waals surface area contributed by atoms with Crippen LogP contribution in [0.25, 0.3) is 0 Å². The molecule has 6 heteroatoms. The zero-order valence-corrected chi connectivity index (χ0v) is 7.30. The summed E-state index contributed by atoms with van der Waals surface area (Å²) in [5.41, 5.74) is 4.92. The van der Waals surface area contributed by atoms with Crippen LogP contribution >= 0.6 is 22.9 Å². The van der Waals surface area contributed by atoms with E-state index in [0.29, 0.717) is 0 Å². The molecule has 1 rings (SSSR count). The average Bonchev–Trinajstić information content (AvgIpc) is 2.31. The van der Waals surface area contributed by atoms with E-state index in [0.717, 1.165) is 11.3 Å². The Hall–Kier alpha value is -0.260. The van der Waals surface area contributed by atoms with Crippen molar-refractivity contribution in [2.75, 3.05) is 0 Å². The van der Waals surface area contributed by atoms with Crippen molar-refractivity contribution in [2.45, 2.75) is 12.2 Å². The van der Waals surface area contributed by atoms with Gasteiger partial charge in [-0.1, -0.05) is 11.6 Å². The molecule has 0 saturated carbocycles. The van der Waals surface area contributed by atoms with Crippen molar-refractivity contribution in [2.24, 2.45) is 5.73 Å². The first kappa shape index (κ1) is 9.83. The maximum Gasteiger partial charge on any atom is 0.408 e. The van der Waals surface area contributed by atoms with Crippen molar-refractivity contribution < 1.29 is 13.2 Å². The van der Waals surface area contributed by atoms with Gasteiger partial charge in [0.15, 0.2) is 0 Å². The van der Waals surface area contributed by atoms with Crippen LogP contribution in [0.1, 0.15) is 10.9 Å². The number of nitrogens with two attached hydrogens (primary N) is 1. The van der Waals surface area contributed by atoms with Gasteiger partial charge in [-0.15, -0.1) is 11.3 Å². The van der Waals surface area contributed by atoms with Crippen LogP contribution in [0.5, 0.6) is 0 Å². The standard InChI is InChI=1S/C6H5ClF3NS/c7-3-1-2-12-4(3)5(11)6(8,9)10/h1-2,5H,11H2/t5-/m0/s1. The lowest BCUT2D eigenvalue weighted by Crippen LogP contribution is -2.27. The maximum atomic E-state index is 12.0. The Morgan fingerprint density at radius 2 is 2.08 bits per heavy atom. The van der Waals surface area contributed by atoms with Crippen molar-refractivity contribution >= 4 is 22.9 Å². The molecule has 0 amide bonds. The molecule has 68 valence electrons. The van der Waals surface area contributed by atoms with E-state index in [1.807, 2.05) is 0 Å². The first-order valence-electron chi connectivity index (χ1n) is 2.98. The van der Waals surface area contributed by atoms with Gasteiger partial charge in [0.2, 0.25) is 0 Å². The number of thiophene rings is 1. The summed E-state index contributed by atoms with van der Waals surface area (Å²) >= 11 is 6.38. The van der Waals surface area contributed by atoms with Gasteiger partial charge in [-0.3, -0.25) is 0 Å². The molecule has 1 aromatic rings. The molecule has 0 aliphatic heterocycles. The van der Waals surface area contributed by atoms with Gasteiger partial charge in [-0.05, 0) is 11.4 Å². The van der Waals surface area contributed by atoms with Crippen molar-refractivity contribution in [3.8, 4) is 0 Å². The highest BCUT2D eigenvalue weighted by atomic mass is 35.5. The number of alkyl halides is 3. The van der Waals surface area contributed by atoms with Crippen molar-refractivity contribution in [1.82, 2.24) is 0 Å². The molecule has 1 atom stereocenters. The molecule has 0 unspecified atom stereocenters. The molecule has 12 heavy (non-hydrogen) atoms. The van der Waals surface area contributed by atoms with Gasteiger partial charge in [0.05, 0.1) is 5.02 Å². The Bertz CT molecular complexity index is 270. The number of rotatable bonds is 1. The number of hydrogen-bond donors (Lipinski definition) is 1. The minimum Gasteiger partial charge on any atom is -0.316 e. The zero-order chi connectivity index (χ0) is 9.35. The number of hydrogen-bond acceptors (Lipinski definition) is 2. The second kappa shape index (κ2) is 3.24. The fourth-order valence-corrected chi connectivity index (χ4v) is 1.88. The Kier molecular flexibility index (Phi) is 2.65. The van der Waals surface area contributed by atoms with Gasteiger partial charge >= 0.3 is 6.18 Å². The normalized spacial score (nSPS) is 14.8. The molecule has 1 nitrogen and oxygen atoms in total. The van der Waals surface area contributed by atoms with Gasteiger partial charge in [0, 0.05) is 4.88 Å². The van der Waals surface area contributed by atoms with Crippen LogP contribution < -0.4 is 5.73 Å². The van der Waals surface area contributed by atoms with Crippen LogP contribution in [-0.2, 0) is 0 Å². The SMILES string of the molecule is N[C@@H](c1sccc1Cl)C(F)(F)F. The largest absolute Gasteiger partial charge is 0.408 e. The predicted molar refractivity (Wildman–Crippen MR) is 42.3 cm³/mol. The second-order valence-corrected chi connectivity index (χ2v) is 3.51. The third-order valence-electron chi connectivity index (χ3n) is 1.28. The molecular formula is C6H5ClF3NS. The van der Waals surface area contributed by atoms with Crippen LogP contribution in [0.2, 0.25) is 5.02 Å². The quantitative estimate of drug-likeness (QED) is 0.766. The molecular weight excluding hydrogens is 211 g/mol. The topological polar surface area (TPSA) is 26.0 Å². The van der Waals surface area contributed by atoms with Gasteiger partial charge in [0.1, 0.15) is 6.04 Å². The maximum absolute atomic E-state index is 12.0. The van der Waals surface area contributed by atoms with Crippen LogP contribution in [0.15, 0.2) is 11.4 Å². The molecule has 0 fully saturated rings. The third-order valence-corrected chi connectivity index (χ3v) is 2.72. The molecule has 0 radical (unpaired) electrons. The molecule has 0 aliphatic carbocycles. The highest BCUT2D eigenvalue weighted by Gasteiger charge is 2.39. The van der Waals surface area contributed by atoms with E-state index in [-0.39, 0.29) is 9.90 Å². The minimum absolute atomic E-state index is 0.0378. The van der Waals surface area contributed by atoms with Crippen molar-refractivity contribution in [3.63, 3.8) is 0 Å². The lowest BCUT2D eigenvalue weighted by molar-refractivity contribution is -0.148. The van der Waals surface area contributed by atoms with E-state index in [1.165, 1.54) is 11.4 Å². The lowest BCUT2D eigenvalue weighted by atomic mass is 10.2. The first-order valence-corrected chi connectivity index (χ1v) is 4.24. The van der Waals surface area contributed by atoms with E-state index in [1.54, 1.807) is 0 Å². The number of halogens is 4. The summed E-state index contributed by atoms with van der Waals surface area (Å²) < 4.78 is 36.0. The fourth-order valence-electron chi connectivity index (χ4n) is 0.676. The summed E-state index contributed by atoms with van der Waals surface area (Å²) in [6.07, 6.45) is -4.42. The molecule has 1 aromatic heterocycles. The molecule has 1 heterocycles. The Morgan fingerprint density at radius 3 is 2.42 bits per heavy atom. The van der Waals surface area contributed by atoms with Crippen molar-refractivity contribution in [3.05, 3.63) is 21.3 Å². The highest BCUT2D eigenvalue weighted by Crippen LogP contribution is 2.36. The van der Waals surface area contributed by atoms with Gasteiger partial charge in [0.25, 0.3) is 0 Å². The second-order valence-electron chi connectivity index (χ2n) is 2.15. The highest BCUT2D eigenvalue weighted by molar-refractivity contribution is 7.10. The van der Waals surface area contributed by atoms with E-state index < -0.39 is 12.2 Å². The van der Waals surface area contributed by atoms with Crippen LogP contribution in [0.3, 0.4) is 0 Å². The van der Waals surface area contributed by atoms with Crippen LogP contribution in [0.4, 0.5) is 13.2 Å². The Morgan fingerprint density at radius 1 is 1.50 bits per heavy atom. The fraction of sp³-hybridized carbons (Fsp3) is 0.333. The monoisotopic (exact) mass is 215 g/mol. The van der Waals surface area contributed by atoms with E-state index in [9.17, 15) is 13.2 Å². The molecule has 0 bridgehead atoms. The molecule has 2 N–H and O–H groups in total. The smallest absolute Gasteiger partial charge is 0.316 e. The summed E-state index contributed by atoms with van der Waals surface area (Å²) in [6, 6.07) is -0.572. The Balaban J connectivity index is 2.92. The van der Waals surface area contributed by atoms with Gasteiger partial charge in [-0.25, -0.2) is 0 Å².